The first-order valence-electron chi connectivity index (χ1n) is 15.2. The highest BCUT2D eigenvalue weighted by Gasteiger charge is 2.17. The van der Waals surface area contributed by atoms with Crippen molar-refractivity contribution in [2.24, 2.45) is 0 Å². The fourth-order valence-electron chi connectivity index (χ4n) is 4.86. The molecule has 15 heteroatoms. The monoisotopic (exact) mass is 816 g/mol. The number of methoxy groups -OCH3 is 3. The van der Waals surface area contributed by atoms with E-state index >= 15 is 0 Å². The molecule has 0 amide bonds. The van der Waals surface area contributed by atoms with Gasteiger partial charge in [-0.1, -0.05) is 94.4 Å². The van der Waals surface area contributed by atoms with Crippen molar-refractivity contribution in [2.75, 3.05) is 21.3 Å². The van der Waals surface area contributed by atoms with Crippen LogP contribution in [0.15, 0.2) is 97.6 Å². The highest BCUT2D eigenvalue weighted by Crippen LogP contribution is 2.36. The Bertz CT molecular complexity index is 2430. The summed E-state index contributed by atoms with van der Waals surface area (Å²) in [5.74, 6) is 2.02. The number of benzene rings is 3. The van der Waals surface area contributed by atoms with Crippen molar-refractivity contribution < 1.29 is 18.9 Å². The first-order valence-corrected chi connectivity index (χ1v) is 17.1. The molecule has 270 valence electrons. The van der Waals surface area contributed by atoms with Gasteiger partial charge in [0.15, 0.2) is 12.4 Å². The Kier molecular flexibility index (Phi) is 14.7. The molecule has 0 fully saturated rings. The molecule has 0 aliphatic rings. The van der Waals surface area contributed by atoms with Crippen LogP contribution in [-0.4, -0.2) is 31.3 Å². The van der Waals surface area contributed by atoms with E-state index in [-0.39, 0.29) is 30.9 Å². The van der Waals surface area contributed by atoms with Gasteiger partial charge in [-0.25, -0.2) is 9.97 Å². The SMILES string of the molecule is COc1cccc(-c2c(Cl)ncc(Cl)c2C#N)c1.COc1cccc(-c2c[n+]([O-])cc(Cl)c2C#N)c1.COc1cccc(-c2cnc(Cl)c(Cl)c2C#N)c1. The maximum Gasteiger partial charge on any atom is 0.200 e. The summed E-state index contributed by atoms with van der Waals surface area (Å²) in [4.78, 5) is 7.92. The van der Waals surface area contributed by atoms with E-state index in [9.17, 15) is 5.21 Å². The molecule has 54 heavy (non-hydrogen) atoms. The number of ether oxygens (including phenoxy) is 3. The van der Waals surface area contributed by atoms with Crippen molar-refractivity contribution in [1.82, 2.24) is 9.97 Å². The first kappa shape index (κ1) is 41.0. The molecule has 3 heterocycles. The minimum absolute atomic E-state index is 0.125. The summed E-state index contributed by atoms with van der Waals surface area (Å²) in [5.41, 5.74) is 4.78. The van der Waals surface area contributed by atoms with Gasteiger partial charge < -0.3 is 19.4 Å². The molecule has 0 radical (unpaired) electrons. The Morgan fingerprint density at radius 2 is 1.06 bits per heavy atom. The second-order valence-electron chi connectivity index (χ2n) is 10.6. The first-order chi connectivity index (χ1) is 26.0. The summed E-state index contributed by atoms with van der Waals surface area (Å²) in [5, 5.41) is 39.8. The molecule has 0 N–H and O–H groups in total. The molecule has 3 aromatic carbocycles. The van der Waals surface area contributed by atoms with Crippen LogP contribution in [0.5, 0.6) is 17.2 Å². The van der Waals surface area contributed by atoms with Crippen LogP contribution in [0.3, 0.4) is 0 Å². The standard InChI is InChI=1S/2C13H8Cl2N2O.C13H9ClN2O2/c1-18-9-4-2-3-8(5-9)12-10(6-16)11(14)7-17-13(12)15;1-18-9-4-2-3-8(5-9)11-7-17-13(15)12(14)10(11)6-16;1-18-10-4-2-3-9(5-10)12-7-16(17)8-13(14)11(12)6-15/h2*2-5,7H,1H3;2-5,7-8H,1H3. The normalized spacial score (nSPS) is 9.87. The zero-order valence-corrected chi connectivity index (χ0v) is 32.2. The van der Waals surface area contributed by atoms with Crippen molar-refractivity contribution in [3.8, 4) is 68.8 Å². The molecule has 0 saturated heterocycles. The van der Waals surface area contributed by atoms with Crippen molar-refractivity contribution in [3.05, 3.63) is 145 Å². The molecule has 6 rings (SSSR count). The van der Waals surface area contributed by atoms with Gasteiger partial charge in [-0.3, -0.25) is 0 Å². The van der Waals surface area contributed by atoms with Crippen LogP contribution >= 0.6 is 58.0 Å². The van der Waals surface area contributed by atoms with Crippen molar-refractivity contribution in [2.45, 2.75) is 0 Å². The summed E-state index contributed by atoms with van der Waals surface area (Å²) >= 11 is 29.6. The molecule has 10 nitrogen and oxygen atoms in total. The fourth-order valence-corrected chi connectivity index (χ4v) is 5.87. The lowest BCUT2D eigenvalue weighted by atomic mass is 10.0. The van der Waals surface area contributed by atoms with Crippen LogP contribution in [-0.2, 0) is 0 Å². The molecular weight excluding hydrogens is 794 g/mol. The summed E-state index contributed by atoms with van der Waals surface area (Å²) in [7, 11) is 4.70. The third-order valence-electron chi connectivity index (χ3n) is 7.42. The van der Waals surface area contributed by atoms with Crippen LogP contribution in [0.1, 0.15) is 16.7 Å². The average Bonchev–Trinajstić information content (AvgIpc) is 3.19. The Morgan fingerprint density at radius 1 is 0.574 bits per heavy atom. The van der Waals surface area contributed by atoms with Crippen LogP contribution < -0.4 is 18.9 Å². The largest absolute Gasteiger partial charge is 0.619 e. The number of nitriles is 3. The number of nitrogens with zero attached hydrogens (tertiary/aromatic N) is 6. The minimum atomic E-state index is 0.125. The Morgan fingerprint density at radius 3 is 1.57 bits per heavy atom. The van der Waals surface area contributed by atoms with Gasteiger partial charge in [-0.2, -0.15) is 20.5 Å². The van der Waals surface area contributed by atoms with Crippen molar-refractivity contribution >= 4 is 58.0 Å². The van der Waals surface area contributed by atoms with Gasteiger partial charge in [-0.15, -0.1) is 0 Å². The van der Waals surface area contributed by atoms with Gasteiger partial charge in [0, 0.05) is 23.5 Å². The number of hydrogen-bond acceptors (Lipinski definition) is 9. The highest BCUT2D eigenvalue weighted by molar-refractivity contribution is 6.42. The predicted molar refractivity (Wildman–Crippen MR) is 209 cm³/mol. The highest BCUT2D eigenvalue weighted by atomic mass is 35.5. The summed E-state index contributed by atoms with van der Waals surface area (Å²) in [6.45, 7) is 0. The van der Waals surface area contributed by atoms with Crippen molar-refractivity contribution in [3.63, 3.8) is 0 Å². The Balaban J connectivity index is 0.000000180. The average molecular weight is 819 g/mol. The van der Waals surface area contributed by atoms with Gasteiger partial charge >= 0.3 is 0 Å². The third kappa shape index (κ3) is 9.80. The van der Waals surface area contributed by atoms with Gasteiger partial charge in [0.25, 0.3) is 0 Å². The zero-order chi connectivity index (χ0) is 39.4. The Hall–Kier alpha value is -5.77. The number of aromatic nitrogens is 3. The van der Waals surface area contributed by atoms with Crippen LogP contribution in [0.2, 0.25) is 25.4 Å². The lowest BCUT2D eigenvalue weighted by molar-refractivity contribution is -0.604. The maximum absolute atomic E-state index is 11.4. The molecule has 3 aromatic heterocycles. The van der Waals surface area contributed by atoms with Gasteiger partial charge in [-0.05, 0) is 53.1 Å². The van der Waals surface area contributed by atoms with E-state index in [2.05, 4.69) is 9.97 Å². The maximum atomic E-state index is 11.4. The van der Waals surface area contributed by atoms with E-state index in [1.807, 2.05) is 54.6 Å². The summed E-state index contributed by atoms with van der Waals surface area (Å²) in [6, 6.07) is 27.7. The van der Waals surface area contributed by atoms with Crippen LogP contribution in [0, 0.1) is 39.2 Å². The van der Waals surface area contributed by atoms with Gasteiger partial charge in [0.2, 0.25) is 0 Å². The molecule has 0 aliphatic heterocycles. The fraction of sp³-hybridized carbons (Fsp3) is 0.0769. The third-order valence-corrected chi connectivity index (χ3v) is 9.03. The second-order valence-corrected chi connectivity index (χ2v) is 12.5. The topological polar surface area (TPSA) is 152 Å². The number of hydrogen-bond donors (Lipinski definition) is 0. The minimum Gasteiger partial charge on any atom is -0.619 e. The lowest BCUT2D eigenvalue weighted by Gasteiger charge is -2.09. The predicted octanol–water partition coefficient (Wildman–Crippen LogP) is 10.4. The molecule has 0 bridgehead atoms. The lowest BCUT2D eigenvalue weighted by Crippen LogP contribution is -2.25. The summed E-state index contributed by atoms with van der Waals surface area (Å²) < 4.78 is 16.0. The van der Waals surface area contributed by atoms with E-state index in [0.29, 0.717) is 55.4 Å². The molecule has 0 atom stereocenters. The molecule has 0 aliphatic carbocycles. The number of halogens is 5. The zero-order valence-electron chi connectivity index (χ0n) is 28.4. The summed E-state index contributed by atoms with van der Waals surface area (Å²) in [6.07, 6.45) is 5.37. The van der Waals surface area contributed by atoms with Gasteiger partial charge in [0.05, 0.1) is 53.6 Å². The smallest absolute Gasteiger partial charge is 0.200 e. The van der Waals surface area contributed by atoms with E-state index in [1.54, 1.807) is 57.7 Å². The van der Waals surface area contributed by atoms with E-state index in [4.69, 9.17) is 88.0 Å². The van der Waals surface area contributed by atoms with E-state index < -0.39 is 0 Å². The number of rotatable bonds is 6. The van der Waals surface area contributed by atoms with Gasteiger partial charge in [0.1, 0.15) is 50.8 Å². The second kappa shape index (κ2) is 19.3. The molecule has 0 spiro atoms. The molecule has 0 unspecified atom stereocenters. The van der Waals surface area contributed by atoms with E-state index in [1.165, 1.54) is 18.6 Å². The van der Waals surface area contributed by atoms with E-state index in [0.717, 1.165) is 17.3 Å². The van der Waals surface area contributed by atoms with Crippen LogP contribution in [0.4, 0.5) is 0 Å². The molecular formula is C39H25Cl5N6O4. The number of pyridine rings is 3. The van der Waals surface area contributed by atoms with Crippen molar-refractivity contribution in [1.29, 1.82) is 15.8 Å². The van der Waals surface area contributed by atoms with Crippen LogP contribution in [0.25, 0.3) is 33.4 Å². The quantitative estimate of drug-likeness (QED) is 0.0908. The molecule has 6 aromatic rings. The Labute approximate surface area is 336 Å². The molecule has 0 saturated carbocycles.